The van der Waals surface area contributed by atoms with Gasteiger partial charge in [0.2, 0.25) is 10.0 Å². The van der Waals surface area contributed by atoms with Crippen molar-refractivity contribution in [2.24, 2.45) is 0 Å². The molecule has 160 valence electrons. The van der Waals surface area contributed by atoms with Crippen molar-refractivity contribution in [3.8, 4) is 0 Å². The molecule has 10 heteroatoms. The molecule has 0 spiro atoms. The van der Waals surface area contributed by atoms with E-state index >= 15 is 0 Å². The zero-order valence-corrected chi connectivity index (χ0v) is 18.2. The lowest BCUT2D eigenvalue weighted by molar-refractivity contribution is -0.385. The molecule has 0 fully saturated rings. The number of nitrogens with one attached hydrogen (secondary N) is 1. The molecule has 0 amide bonds. The van der Waals surface area contributed by atoms with Gasteiger partial charge in [-0.15, -0.1) is 0 Å². The number of aryl methyl sites for hydroxylation is 1. The van der Waals surface area contributed by atoms with Crippen LogP contribution in [0.5, 0.6) is 0 Å². The molecule has 3 aromatic rings. The molecule has 0 radical (unpaired) electrons. The summed E-state index contributed by atoms with van der Waals surface area (Å²) in [5.41, 5.74) is 2.72. The number of imidazole rings is 1. The number of fused-ring (bicyclic) bond motifs is 1. The van der Waals surface area contributed by atoms with Gasteiger partial charge in [-0.25, -0.2) is 17.7 Å². The fourth-order valence-corrected chi connectivity index (χ4v) is 4.25. The normalized spacial score (nSPS) is 11.9. The van der Waals surface area contributed by atoms with Crippen LogP contribution in [0.4, 0.5) is 11.4 Å². The summed E-state index contributed by atoms with van der Waals surface area (Å²) >= 11 is 0. The zero-order valence-electron chi connectivity index (χ0n) is 17.4. The number of nitro benzene ring substituents is 1. The number of aromatic nitrogens is 2. The van der Waals surface area contributed by atoms with E-state index in [-0.39, 0.29) is 10.6 Å². The maximum absolute atomic E-state index is 12.5. The summed E-state index contributed by atoms with van der Waals surface area (Å²) in [6, 6.07) is 9.85. The smallest absolute Gasteiger partial charge is 0.274 e. The largest absolute Gasteiger partial charge is 0.377 e. The number of rotatable bonds is 8. The molecule has 0 aliphatic heterocycles. The number of anilines is 1. The second kappa shape index (κ2) is 8.41. The van der Waals surface area contributed by atoms with Gasteiger partial charge in [0.05, 0.1) is 27.4 Å². The second-order valence-electron chi connectivity index (χ2n) is 7.18. The highest BCUT2D eigenvalue weighted by Gasteiger charge is 2.20. The van der Waals surface area contributed by atoms with Crippen molar-refractivity contribution in [1.29, 1.82) is 0 Å². The fraction of sp³-hybridized carbons (Fsp3) is 0.350. The number of nitro groups is 1. The predicted octanol–water partition coefficient (Wildman–Crippen LogP) is 3.53. The van der Waals surface area contributed by atoms with Crippen LogP contribution < -0.4 is 5.32 Å². The molecule has 3 rings (SSSR count). The molecule has 0 aliphatic carbocycles. The van der Waals surface area contributed by atoms with Crippen molar-refractivity contribution in [2.75, 3.05) is 19.4 Å². The molecule has 0 bridgehead atoms. The highest BCUT2D eigenvalue weighted by atomic mass is 32.2. The number of sulfonamides is 1. The van der Waals surface area contributed by atoms with Crippen molar-refractivity contribution in [2.45, 2.75) is 38.3 Å². The van der Waals surface area contributed by atoms with Gasteiger partial charge in [-0.3, -0.25) is 10.1 Å². The van der Waals surface area contributed by atoms with Gasteiger partial charge in [-0.2, -0.15) is 0 Å². The second-order valence-corrected chi connectivity index (χ2v) is 9.33. The average molecular weight is 432 g/mol. The van der Waals surface area contributed by atoms with Crippen LogP contribution in [-0.2, 0) is 23.1 Å². The summed E-state index contributed by atoms with van der Waals surface area (Å²) in [5.74, 6) is 0.733. The zero-order chi connectivity index (χ0) is 22.1. The Labute approximate surface area is 175 Å². The molecule has 1 N–H and O–H groups in total. The van der Waals surface area contributed by atoms with Gasteiger partial charge in [-0.05, 0) is 37.6 Å². The molecule has 0 saturated carbocycles. The van der Waals surface area contributed by atoms with Gasteiger partial charge < -0.3 is 9.88 Å². The highest BCUT2D eigenvalue weighted by molar-refractivity contribution is 7.89. The maximum Gasteiger partial charge on any atom is 0.274 e. The molecule has 9 nitrogen and oxygen atoms in total. The van der Waals surface area contributed by atoms with E-state index in [0.717, 1.165) is 24.3 Å². The third-order valence-corrected chi connectivity index (χ3v) is 6.77. The van der Waals surface area contributed by atoms with Crippen molar-refractivity contribution in [3.05, 3.63) is 57.9 Å². The number of hydrogen-bond acceptors (Lipinski definition) is 6. The van der Waals surface area contributed by atoms with Crippen molar-refractivity contribution >= 4 is 32.4 Å². The molecule has 0 saturated heterocycles. The number of benzene rings is 2. The van der Waals surface area contributed by atoms with E-state index in [1.165, 1.54) is 24.5 Å². The first-order valence-electron chi connectivity index (χ1n) is 9.56. The van der Waals surface area contributed by atoms with Crippen LogP contribution in [0.1, 0.15) is 24.7 Å². The number of nitrogens with zero attached hydrogens (tertiary/aromatic N) is 4. The van der Waals surface area contributed by atoms with Gasteiger partial charge in [0.1, 0.15) is 5.82 Å². The molecule has 0 aliphatic rings. The van der Waals surface area contributed by atoms with Crippen molar-refractivity contribution in [3.63, 3.8) is 0 Å². The van der Waals surface area contributed by atoms with E-state index in [1.807, 2.05) is 4.57 Å². The summed E-state index contributed by atoms with van der Waals surface area (Å²) in [6.07, 6.45) is 0.881. The Hall–Kier alpha value is -2.98. The van der Waals surface area contributed by atoms with E-state index in [9.17, 15) is 18.5 Å². The van der Waals surface area contributed by atoms with Gasteiger partial charge in [-0.1, -0.05) is 13.0 Å². The van der Waals surface area contributed by atoms with Crippen LogP contribution in [0.3, 0.4) is 0 Å². The van der Waals surface area contributed by atoms with Crippen molar-refractivity contribution < 1.29 is 13.3 Å². The highest BCUT2D eigenvalue weighted by Crippen LogP contribution is 2.27. The van der Waals surface area contributed by atoms with Gasteiger partial charge in [0, 0.05) is 38.0 Å². The minimum atomic E-state index is -3.55. The van der Waals surface area contributed by atoms with Crippen LogP contribution in [0, 0.1) is 17.0 Å². The van der Waals surface area contributed by atoms with Crippen LogP contribution >= 0.6 is 0 Å². The number of hydrogen-bond donors (Lipinski definition) is 1. The monoisotopic (exact) mass is 431 g/mol. The predicted molar refractivity (Wildman–Crippen MR) is 116 cm³/mol. The van der Waals surface area contributed by atoms with Gasteiger partial charge in [0.15, 0.2) is 0 Å². The van der Waals surface area contributed by atoms with Crippen LogP contribution in [-0.4, -0.2) is 41.3 Å². The topological polar surface area (TPSA) is 110 Å². The van der Waals surface area contributed by atoms with E-state index in [0.29, 0.717) is 23.3 Å². The molecule has 30 heavy (non-hydrogen) atoms. The third-order valence-electron chi connectivity index (χ3n) is 4.96. The first-order chi connectivity index (χ1) is 14.2. The summed E-state index contributed by atoms with van der Waals surface area (Å²) in [7, 11) is -0.569. The summed E-state index contributed by atoms with van der Waals surface area (Å²) in [5, 5.41) is 14.4. The lowest BCUT2D eigenvalue weighted by Gasteiger charge is -2.12. The standard InChI is InChI=1S/C20H25N5O4S/c1-5-11-24-19-10-9-15(30(28,29)23(3)4)12-17(19)22-20(24)13-21-16-7-6-8-18(14(16)2)25(26)27/h6-10,12,21H,5,11,13H2,1-4H3. The molecular formula is C20H25N5O4S. The molecule has 1 heterocycles. The molecule has 2 aromatic carbocycles. The Morgan fingerprint density at radius 2 is 1.97 bits per heavy atom. The van der Waals surface area contributed by atoms with E-state index in [2.05, 4.69) is 17.2 Å². The minimum Gasteiger partial charge on any atom is -0.377 e. The minimum absolute atomic E-state index is 0.0561. The van der Waals surface area contributed by atoms with E-state index in [1.54, 1.807) is 37.3 Å². The van der Waals surface area contributed by atoms with Gasteiger partial charge in [0.25, 0.3) is 5.69 Å². The first-order valence-corrected chi connectivity index (χ1v) is 11.0. The van der Waals surface area contributed by atoms with E-state index in [4.69, 9.17) is 0 Å². The molecular weight excluding hydrogens is 406 g/mol. The Balaban J connectivity index is 1.98. The first kappa shape index (κ1) is 21.7. The Bertz CT molecular complexity index is 1200. The summed E-state index contributed by atoms with van der Waals surface area (Å²) < 4.78 is 28.1. The molecule has 1 aromatic heterocycles. The molecule has 0 unspecified atom stereocenters. The lowest BCUT2D eigenvalue weighted by atomic mass is 10.1. The van der Waals surface area contributed by atoms with Gasteiger partial charge >= 0.3 is 0 Å². The Morgan fingerprint density at radius 1 is 1.23 bits per heavy atom. The summed E-state index contributed by atoms with van der Waals surface area (Å²) in [4.78, 5) is 15.6. The average Bonchev–Trinajstić information content (AvgIpc) is 3.04. The van der Waals surface area contributed by atoms with Crippen LogP contribution in [0.2, 0.25) is 0 Å². The third kappa shape index (κ3) is 4.01. The van der Waals surface area contributed by atoms with E-state index < -0.39 is 14.9 Å². The maximum atomic E-state index is 12.5. The fourth-order valence-electron chi connectivity index (χ4n) is 3.33. The van der Waals surface area contributed by atoms with Crippen molar-refractivity contribution in [1.82, 2.24) is 13.9 Å². The SMILES string of the molecule is CCCn1c(CNc2cccc([N+](=O)[O-])c2C)nc2cc(S(=O)(=O)N(C)C)ccc21. The van der Waals surface area contributed by atoms with Crippen LogP contribution in [0.25, 0.3) is 11.0 Å². The van der Waals surface area contributed by atoms with Crippen LogP contribution in [0.15, 0.2) is 41.3 Å². The Morgan fingerprint density at radius 3 is 2.60 bits per heavy atom. The lowest BCUT2D eigenvalue weighted by Crippen LogP contribution is -2.22. The molecule has 0 atom stereocenters. The summed E-state index contributed by atoms with van der Waals surface area (Å²) in [6.45, 7) is 4.83. The quantitative estimate of drug-likeness (QED) is 0.432. The Kier molecular flexibility index (Phi) is 6.09.